The number of hydrogen-bond donors (Lipinski definition) is 1. The highest BCUT2D eigenvalue weighted by Gasteiger charge is 2.20. The Hall–Kier alpha value is -0.730. The fourth-order valence-corrected chi connectivity index (χ4v) is 3.05. The predicted octanol–water partition coefficient (Wildman–Crippen LogP) is 2.76. The van der Waals surface area contributed by atoms with Crippen LogP contribution in [0.5, 0.6) is 0 Å². The maximum atomic E-state index is 6.14. The van der Waals surface area contributed by atoms with Crippen molar-refractivity contribution < 1.29 is 0 Å². The first-order valence-electron chi connectivity index (χ1n) is 7.37. The van der Waals surface area contributed by atoms with Crippen LogP contribution in [0.3, 0.4) is 0 Å². The smallest absolute Gasteiger partial charge is 0.191 e. The van der Waals surface area contributed by atoms with Gasteiger partial charge in [-0.05, 0) is 31.6 Å². The second-order valence-electron chi connectivity index (χ2n) is 5.62. The zero-order valence-corrected chi connectivity index (χ0v) is 11.2. The number of piperidine rings is 1. The number of aliphatic imine (C=N–C) groups is 1. The van der Waals surface area contributed by atoms with Crippen LogP contribution in [0.1, 0.15) is 58.3 Å². The molecule has 2 N–H and O–H groups in total. The van der Waals surface area contributed by atoms with Crippen molar-refractivity contribution in [2.45, 2.75) is 64.3 Å². The van der Waals surface area contributed by atoms with Crippen LogP contribution >= 0.6 is 0 Å². The molecule has 0 spiro atoms. The third-order valence-electron chi connectivity index (χ3n) is 4.41. The van der Waals surface area contributed by atoms with Crippen molar-refractivity contribution in [3.05, 3.63) is 0 Å². The quantitative estimate of drug-likeness (QED) is 0.592. The lowest BCUT2D eigenvalue weighted by molar-refractivity contribution is 0.257. The van der Waals surface area contributed by atoms with E-state index in [9.17, 15) is 0 Å². The van der Waals surface area contributed by atoms with Crippen LogP contribution in [-0.4, -0.2) is 30.0 Å². The van der Waals surface area contributed by atoms with E-state index in [1.807, 2.05) is 0 Å². The summed E-state index contributed by atoms with van der Waals surface area (Å²) in [6.07, 6.45) is 10.4. The molecule has 98 valence electrons. The highest BCUT2D eigenvalue weighted by atomic mass is 15.3. The summed E-state index contributed by atoms with van der Waals surface area (Å²) in [5.74, 6) is 1.72. The van der Waals surface area contributed by atoms with E-state index in [1.54, 1.807) is 0 Å². The lowest BCUT2D eigenvalue weighted by atomic mass is 9.94. The zero-order valence-electron chi connectivity index (χ0n) is 11.2. The van der Waals surface area contributed by atoms with Gasteiger partial charge in [-0.25, -0.2) is 4.99 Å². The maximum absolute atomic E-state index is 6.14. The molecule has 0 aromatic heterocycles. The molecular weight excluding hydrogens is 210 g/mol. The minimum absolute atomic E-state index is 0.507. The van der Waals surface area contributed by atoms with Gasteiger partial charge in [-0.15, -0.1) is 0 Å². The Morgan fingerprint density at radius 3 is 2.35 bits per heavy atom. The van der Waals surface area contributed by atoms with Crippen LogP contribution in [0.4, 0.5) is 0 Å². The van der Waals surface area contributed by atoms with Crippen LogP contribution in [0, 0.1) is 5.92 Å². The van der Waals surface area contributed by atoms with Crippen LogP contribution in [0.25, 0.3) is 0 Å². The van der Waals surface area contributed by atoms with Crippen LogP contribution < -0.4 is 5.73 Å². The van der Waals surface area contributed by atoms with E-state index in [4.69, 9.17) is 10.7 Å². The lowest BCUT2D eigenvalue weighted by Gasteiger charge is -2.33. The predicted molar refractivity (Wildman–Crippen MR) is 73.1 cm³/mol. The molecule has 1 aliphatic heterocycles. The summed E-state index contributed by atoms with van der Waals surface area (Å²) in [5.41, 5.74) is 6.14. The number of likely N-dealkylation sites (tertiary alicyclic amines) is 1. The normalized spacial score (nSPS) is 25.2. The first-order chi connectivity index (χ1) is 8.29. The van der Waals surface area contributed by atoms with Crippen LogP contribution in [-0.2, 0) is 0 Å². The molecule has 0 bridgehead atoms. The molecule has 1 heterocycles. The third kappa shape index (κ3) is 3.62. The second-order valence-corrected chi connectivity index (χ2v) is 5.62. The maximum Gasteiger partial charge on any atom is 0.191 e. The average molecular weight is 237 g/mol. The molecule has 2 rings (SSSR count). The summed E-state index contributed by atoms with van der Waals surface area (Å²) in [7, 11) is 0. The summed E-state index contributed by atoms with van der Waals surface area (Å²) in [6.45, 7) is 4.51. The molecular formula is C14H27N3. The molecule has 1 saturated carbocycles. The summed E-state index contributed by atoms with van der Waals surface area (Å²) in [5, 5.41) is 0. The molecule has 1 saturated heterocycles. The Kier molecular flexibility index (Phi) is 4.69. The molecule has 0 aromatic carbocycles. The SMILES string of the molecule is CCC1CCN(C(N)=NC2CCCCC2)CC1. The van der Waals surface area contributed by atoms with E-state index in [0.717, 1.165) is 25.0 Å². The Morgan fingerprint density at radius 1 is 1.12 bits per heavy atom. The van der Waals surface area contributed by atoms with Gasteiger partial charge in [-0.2, -0.15) is 0 Å². The Bertz CT molecular complexity index is 248. The van der Waals surface area contributed by atoms with Gasteiger partial charge in [0.15, 0.2) is 5.96 Å². The molecule has 1 aliphatic carbocycles. The number of hydrogen-bond acceptors (Lipinski definition) is 1. The minimum atomic E-state index is 0.507. The van der Waals surface area contributed by atoms with E-state index in [2.05, 4.69) is 11.8 Å². The first-order valence-corrected chi connectivity index (χ1v) is 7.37. The molecule has 2 aliphatic rings. The number of nitrogens with zero attached hydrogens (tertiary/aromatic N) is 2. The first kappa shape index (κ1) is 12.7. The number of nitrogens with two attached hydrogens (primary N) is 1. The molecule has 0 unspecified atom stereocenters. The van der Waals surface area contributed by atoms with Crippen molar-refractivity contribution >= 4 is 5.96 Å². The van der Waals surface area contributed by atoms with Crippen molar-refractivity contribution in [1.82, 2.24) is 4.90 Å². The summed E-state index contributed by atoms with van der Waals surface area (Å²) >= 11 is 0. The van der Waals surface area contributed by atoms with E-state index in [1.165, 1.54) is 51.4 Å². The number of rotatable bonds is 2. The molecule has 0 amide bonds. The van der Waals surface area contributed by atoms with Gasteiger partial charge in [0, 0.05) is 13.1 Å². The van der Waals surface area contributed by atoms with Gasteiger partial charge < -0.3 is 10.6 Å². The van der Waals surface area contributed by atoms with E-state index >= 15 is 0 Å². The van der Waals surface area contributed by atoms with E-state index in [0.29, 0.717) is 6.04 Å². The van der Waals surface area contributed by atoms with Gasteiger partial charge in [-0.1, -0.05) is 32.6 Å². The van der Waals surface area contributed by atoms with Gasteiger partial charge in [0.05, 0.1) is 6.04 Å². The van der Waals surface area contributed by atoms with E-state index < -0.39 is 0 Å². The second kappa shape index (κ2) is 6.27. The molecule has 2 fully saturated rings. The highest BCUT2D eigenvalue weighted by Crippen LogP contribution is 2.22. The largest absolute Gasteiger partial charge is 0.370 e. The fourth-order valence-electron chi connectivity index (χ4n) is 3.05. The van der Waals surface area contributed by atoms with Gasteiger partial charge in [-0.3, -0.25) is 0 Å². The van der Waals surface area contributed by atoms with Crippen LogP contribution in [0.15, 0.2) is 4.99 Å². The van der Waals surface area contributed by atoms with Gasteiger partial charge in [0.2, 0.25) is 0 Å². The molecule has 0 aromatic rings. The summed E-state index contributed by atoms with van der Waals surface area (Å²) in [4.78, 5) is 7.02. The average Bonchev–Trinajstić information content (AvgIpc) is 2.40. The monoisotopic (exact) mass is 237 g/mol. The van der Waals surface area contributed by atoms with Crippen molar-refractivity contribution in [2.75, 3.05) is 13.1 Å². The Balaban J connectivity index is 1.82. The summed E-state index contributed by atoms with van der Waals surface area (Å²) < 4.78 is 0. The molecule has 0 atom stereocenters. The molecule has 17 heavy (non-hydrogen) atoms. The van der Waals surface area contributed by atoms with E-state index in [-0.39, 0.29) is 0 Å². The van der Waals surface area contributed by atoms with Gasteiger partial charge in [0.1, 0.15) is 0 Å². The molecule has 3 heteroatoms. The topological polar surface area (TPSA) is 41.6 Å². The Morgan fingerprint density at radius 2 is 1.76 bits per heavy atom. The standard InChI is InChI=1S/C14H27N3/c1-2-12-8-10-17(11-9-12)14(15)16-13-6-4-3-5-7-13/h12-13H,2-11H2,1H3,(H2,15,16). The Labute approximate surface area is 105 Å². The van der Waals surface area contributed by atoms with Crippen molar-refractivity contribution in [2.24, 2.45) is 16.6 Å². The third-order valence-corrected chi connectivity index (χ3v) is 4.41. The van der Waals surface area contributed by atoms with Crippen molar-refractivity contribution in [3.8, 4) is 0 Å². The molecule has 0 radical (unpaired) electrons. The van der Waals surface area contributed by atoms with Crippen molar-refractivity contribution in [3.63, 3.8) is 0 Å². The minimum Gasteiger partial charge on any atom is -0.370 e. The van der Waals surface area contributed by atoms with Gasteiger partial charge in [0.25, 0.3) is 0 Å². The van der Waals surface area contributed by atoms with Crippen molar-refractivity contribution in [1.29, 1.82) is 0 Å². The van der Waals surface area contributed by atoms with Gasteiger partial charge >= 0.3 is 0 Å². The fraction of sp³-hybridized carbons (Fsp3) is 0.929. The lowest BCUT2D eigenvalue weighted by Crippen LogP contribution is -2.43. The highest BCUT2D eigenvalue weighted by molar-refractivity contribution is 5.78. The number of guanidine groups is 1. The van der Waals surface area contributed by atoms with Crippen LogP contribution in [0.2, 0.25) is 0 Å². The summed E-state index contributed by atoms with van der Waals surface area (Å²) in [6, 6.07) is 0.507. The molecule has 3 nitrogen and oxygen atoms in total. The zero-order chi connectivity index (χ0) is 12.1.